The molecular weight excluding hydrogens is 831 g/mol. The number of rotatable bonds is 48. The number of carbonyl (C=O) groups is 7. The van der Waals surface area contributed by atoms with E-state index < -0.39 is 74.3 Å². The van der Waals surface area contributed by atoms with Crippen LogP contribution in [-0.4, -0.2) is 130 Å². The van der Waals surface area contributed by atoms with E-state index in [4.69, 9.17) is 0 Å². The predicted molar refractivity (Wildman–Crippen MR) is 258 cm³/mol. The van der Waals surface area contributed by atoms with E-state index >= 15 is 0 Å². The van der Waals surface area contributed by atoms with Crippen LogP contribution in [0.5, 0.6) is 0 Å². The Balaban J connectivity index is 4.55. The molecule has 0 aromatic rings. The van der Waals surface area contributed by atoms with Gasteiger partial charge in [0.05, 0.1) is 32.7 Å². The highest BCUT2D eigenvalue weighted by Crippen LogP contribution is 2.15. The molecule has 0 aromatic heterocycles. The predicted octanol–water partition coefficient (Wildman–Crippen LogP) is 8.95. The van der Waals surface area contributed by atoms with E-state index in [1.807, 2.05) is 0 Å². The third kappa shape index (κ3) is 44.2. The van der Waals surface area contributed by atoms with Crippen molar-refractivity contribution in [2.45, 2.75) is 219 Å². The number of nitrogens with zero attached hydrogens (tertiary/aromatic N) is 3. The summed E-state index contributed by atoms with van der Waals surface area (Å²) in [5, 5.41) is 33.2. The Kier molecular flexibility index (Phi) is 42.1. The number of aliphatic carboxylic acids is 3. The molecule has 0 saturated heterocycles. The lowest BCUT2D eigenvalue weighted by Gasteiger charge is -2.27. The lowest BCUT2D eigenvalue weighted by molar-refractivity contribution is -0.141. The fourth-order valence-electron chi connectivity index (χ4n) is 8.07. The van der Waals surface area contributed by atoms with Crippen LogP contribution >= 0.6 is 0 Å². The number of carbonyl (C=O) groups excluding carboxylic acids is 4. The smallest absolute Gasteiger partial charge is 0.317 e. The van der Waals surface area contributed by atoms with Crippen molar-refractivity contribution in [3.05, 3.63) is 0 Å². The zero-order valence-electron chi connectivity index (χ0n) is 41.0. The lowest BCUT2D eigenvalue weighted by Crippen LogP contribution is -2.48. The molecule has 15 nitrogen and oxygen atoms in total. The fraction of sp³-hybridized carbons (Fsp3) is 0.860. The van der Waals surface area contributed by atoms with Crippen LogP contribution in [-0.2, 0) is 33.6 Å². The average molecular weight is 924 g/mol. The summed E-state index contributed by atoms with van der Waals surface area (Å²) in [7, 11) is 0. The molecule has 0 atom stereocenters. The molecule has 0 rings (SSSR count). The van der Waals surface area contributed by atoms with Gasteiger partial charge in [-0.15, -0.1) is 0 Å². The Labute approximate surface area is 393 Å². The molecule has 0 saturated carbocycles. The van der Waals surface area contributed by atoms with Crippen molar-refractivity contribution in [1.29, 1.82) is 0 Å². The van der Waals surface area contributed by atoms with Crippen molar-refractivity contribution >= 4 is 41.5 Å². The quantitative estimate of drug-likeness (QED) is 0.0361. The molecule has 0 aliphatic carbocycles. The van der Waals surface area contributed by atoms with E-state index in [-0.39, 0.29) is 39.0 Å². The van der Waals surface area contributed by atoms with Crippen molar-refractivity contribution in [1.82, 2.24) is 25.3 Å². The summed E-state index contributed by atoms with van der Waals surface area (Å²) in [5.74, 6) is -5.77. The zero-order valence-corrected chi connectivity index (χ0v) is 41.0. The Morgan fingerprint density at radius 1 is 0.292 bits per heavy atom. The number of nitrogens with one attached hydrogen (secondary N) is 2. The minimum absolute atomic E-state index is 0.00474. The molecule has 0 aliphatic heterocycles. The van der Waals surface area contributed by atoms with E-state index in [9.17, 15) is 48.9 Å². The molecule has 0 heterocycles. The van der Waals surface area contributed by atoms with Gasteiger partial charge in [0.15, 0.2) is 0 Å². The number of carboxylic acid groups (broad SMARTS) is 3. The average Bonchev–Trinajstić information content (AvgIpc) is 3.23. The molecule has 0 bridgehead atoms. The summed E-state index contributed by atoms with van der Waals surface area (Å²) in [6.45, 7) is 2.11. The van der Waals surface area contributed by atoms with Gasteiger partial charge in [-0.1, -0.05) is 194 Å². The second-order valence-electron chi connectivity index (χ2n) is 18.2. The van der Waals surface area contributed by atoms with Gasteiger partial charge in [-0.05, 0) is 12.8 Å². The van der Waals surface area contributed by atoms with Gasteiger partial charge in [0, 0.05) is 39.0 Å². The number of imide groups is 2. The zero-order chi connectivity index (χ0) is 48.2. The van der Waals surface area contributed by atoms with E-state index in [2.05, 4.69) is 24.5 Å². The number of amides is 4. The molecule has 4 amide bonds. The molecule has 5 N–H and O–H groups in total. The van der Waals surface area contributed by atoms with Crippen molar-refractivity contribution < 1.29 is 48.9 Å². The molecule has 0 fully saturated rings. The topological polar surface area (TPSA) is 214 Å². The number of hydrogen-bond acceptors (Lipinski definition) is 10. The number of carboxylic acids is 3. The van der Waals surface area contributed by atoms with Gasteiger partial charge in [-0.2, -0.15) is 0 Å². The van der Waals surface area contributed by atoms with E-state index in [0.717, 1.165) is 38.5 Å². The summed E-state index contributed by atoms with van der Waals surface area (Å²) < 4.78 is 0. The first-order valence-electron chi connectivity index (χ1n) is 25.8. The van der Waals surface area contributed by atoms with Gasteiger partial charge in [-0.25, -0.2) is 0 Å². The van der Waals surface area contributed by atoms with Crippen molar-refractivity contribution in [3.8, 4) is 0 Å². The lowest BCUT2D eigenvalue weighted by atomic mass is 10.0. The minimum Gasteiger partial charge on any atom is -0.480 e. The first-order valence-corrected chi connectivity index (χ1v) is 25.8. The normalized spacial score (nSPS) is 11.4. The fourth-order valence-corrected chi connectivity index (χ4v) is 8.07. The van der Waals surface area contributed by atoms with Gasteiger partial charge in [-0.3, -0.25) is 58.9 Å². The summed E-state index contributed by atoms with van der Waals surface area (Å²) in [6, 6.07) is 0. The van der Waals surface area contributed by atoms with Crippen LogP contribution in [0.4, 0.5) is 0 Å². The maximum Gasteiger partial charge on any atom is 0.317 e. The maximum atomic E-state index is 12.7. The third-order valence-electron chi connectivity index (χ3n) is 11.8. The Morgan fingerprint density at radius 3 is 0.754 bits per heavy atom. The standard InChI is InChI=1S/C50H93N5O10/c1-3-5-7-9-11-13-15-17-19-21-23-25-27-29-31-33-44(56)51-46(58)39-54(42-49(62)63)37-35-53(41-48(60)61)36-38-55(43-50(64)65)40-47(59)52-45(57)34-32-30-28-26-24-22-20-18-16-14-12-10-8-6-4-2/h3-43H2,1-2H3,(H,60,61)(H,62,63)(H,64,65)(H,51,56,58)(H,52,57,59). The van der Waals surface area contributed by atoms with Gasteiger partial charge in [0.1, 0.15) is 0 Å². The first kappa shape index (κ1) is 61.6. The van der Waals surface area contributed by atoms with E-state index in [0.29, 0.717) is 12.8 Å². The van der Waals surface area contributed by atoms with Crippen LogP contribution in [0, 0.1) is 0 Å². The molecule has 65 heavy (non-hydrogen) atoms. The summed E-state index contributed by atoms with van der Waals surface area (Å²) >= 11 is 0. The minimum atomic E-state index is -1.21. The Bertz CT molecular complexity index is 1180. The molecule has 15 heteroatoms. The van der Waals surface area contributed by atoms with E-state index in [1.54, 1.807) is 0 Å². The monoisotopic (exact) mass is 924 g/mol. The molecule has 0 unspecified atom stereocenters. The van der Waals surface area contributed by atoms with Crippen molar-refractivity contribution in [2.75, 3.05) is 58.9 Å². The second kappa shape index (κ2) is 44.4. The van der Waals surface area contributed by atoms with Crippen molar-refractivity contribution in [3.63, 3.8) is 0 Å². The Hall–Kier alpha value is -3.43. The van der Waals surface area contributed by atoms with Crippen LogP contribution < -0.4 is 10.6 Å². The van der Waals surface area contributed by atoms with Crippen LogP contribution in [0.1, 0.15) is 219 Å². The van der Waals surface area contributed by atoms with Crippen LogP contribution in [0.3, 0.4) is 0 Å². The van der Waals surface area contributed by atoms with Gasteiger partial charge < -0.3 is 15.3 Å². The molecule has 0 radical (unpaired) electrons. The van der Waals surface area contributed by atoms with Gasteiger partial charge >= 0.3 is 17.9 Å². The summed E-state index contributed by atoms with van der Waals surface area (Å²) in [5.41, 5.74) is 0. The third-order valence-corrected chi connectivity index (χ3v) is 11.8. The second-order valence-corrected chi connectivity index (χ2v) is 18.2. The summed E-state index contributed by atoms with van der Waals surface area (Å²) in [4.78, 5) is 89.3. The molecule has 378 valence electrons. The maximum absolute atomic E-state index is 12.7. The highest BCUT2D eigenvalue weighted by Gasteiger charge is 2.21. The largest absolute Gasteiger partial charge is 0.480 e. The van der Waals surface area contributed by atoms with Gasteiger partial charge in [0.25, 0.3) is 0 Å². The number of unbranched alkanes of at least 4 members (excludes halogenated alkanes) is 28. The SMILES string of the molecule is CCCCCCCCCCCCCCCCCC(=O)NC(=O)CN(CCN(CCN(CC(=O)O)CC(=O)NC(=O)CCCCCCCCCCCCCCCCC)CC(=O)O)CC(=O)O. The first-order chi connectivity index (χ1) is 31.4. The highest BCUT2D eigenvalue weighted by atomic mass is 16.4. The van der Waals surface area contributed by atoms with Gasteiger partial charge in [0.2, 0.25) is 23.6 Å². The molecular formula is C50H93N5O10. The van der Waals surface area contributed by atoms with Crippen LogP contribution in [0.25, 0.3) is 0 Å². The molecule has 0 aliphatic rings. The summed E-state index contributed by atoms with van der Waals surface area (Å²) in [6.07, 6.45) is 36.4. The molecule has 0 spiro atoms. The molecule has 0 aromatic carbocycles. The van der Waals surface area contributed by atoms with E-state index in [1.165, 1.54) is 156 Å². The Morgan fingerprint density at radius 2 is 0.508 bits per heavy atom. The highest BCUT2D eigenvalue weighted by molar-refractivity contribution is 5.96. The number of hydrogen-bond donors (Lipinski definition) is 5. The van der Waals surface area contributed by atoms with Crippen molar-refractivity contribution in [2.24, 2.45) is 0 Å². The van der Waals surface area contributed by atoms with Crippen LogP contribution in [0.15, 0.2) is 0 Å². The van der Waals surface area contributed by atoms with Crippen LogP contribution in [0.2, 0.25) is 0 Å².